The Bertz CT molecular complexity index is 859. The fourth-order valence-corrected chi connectivity index (χ4v) is 6.22. The van der Waals surface area contributed by atoms with Gasteiger partial charge < -0.3 is 15.5 Å². The number of anilines is 1. The second-order valence-corrected chi connectivity index (χ2v) is 8.97. The van der Waals surface area contributed by atoms with Crippen molar-refractivity contribution in [3.8, 4) is 11.5 Å². The van der Waals surface area contributed by atoms with Gasteiger partial charge in [0.1, 0.15) is 6.26 Å². The fraction of sp³-hybridized carbons (Fsp3) is 0.545. The molecule has 5 heteroatoms. The summed E-state index contributed by atoms with van der Waals surface area (Å²) >= 11 is 0. The molecule has 5 unspecified atom stereocenters. The summed E-state index contributed by atoms with van der Waals surface area (Å²) in [5, 5.41) is 3.26. The number of nitrogens with one attached hydrogen (secondary N) is 1. The van der Waals surface area contributed by atoms with E-state index in [1.807, 2.05) is 12.1 Å². The summed E-state index contributed by atoms with van der Waals surface area (Å²) < 4.78 is 5.53. The first kappa shape index (κ1) is 16.8. The summed E-state index contributed by atoms with van der Waals surface area (Å²) in [7, 11) is 0. The molecule has 1 aromatic heterocycles. The lowest BCUT2D eigenvalue weighted by atomic mass is 9.61. The van der Waals surface area contributed by atoms with Crippen LogP contribution in [0.4, 0.5) is 5.69 Å². The SMILES string of the molecule is CC(NC(=O)c1coc(-c2ccc(N)cc2)n1)C12CCC3CC(CC1C3)C2. The first-order valence-electron chi connectivity index (χ1n) is 10.2. The Morgan fingerprint density at radius 1 is 1.26 bits per heavy atom. The molecule has 3 fully saturated rings. The van der Waals surface area contributed by atoms with Crippen molar-refractivity contribution in [3.63, 3.8) is 0 Å². The summed E-state index contributed by atoms with van der Waals surface area (Å²) in [5.41, 5.74) is 7.86. The molecule has 3 bridgehead atoms. The van der Waals surface area contributed by atoms with Gasteiger partial charge in [0, 0.05) is 17.3 Å². The van der Waals surface area contributed by atoms with E-state index in [2.05, 4.69) is 17.2 Å². The predicted octanol–water partition coefficient (Wildman–Crippen LogP) is 4.26. The highest BCUT2D eigenvalue weighted by Crippen LogP contribution is 2.63. The number of benzene rings is 1. The van der Waals surface area contributed by atoms with Gasteiger partial charge in [0.15, 0.2) is 5.69 Å². The molecule has 5 nitrogen and oxygen atoms in total. The van der Waals surface area contributed by atoms with Crippen LogP contribution in [-0.2, 0) is 0 Å². The average Bonchev–Trinajstić information content (AvgIpc) is 3.20. The summed E-state index contributed by atoms with van der Waals surface area (Å²) in [6.07, 6.45) is 9.46. The Labute approximate surface area is 159 Å². The van der Waals surface area contributed by atoms with Crippen molar-refractivity contribution in [1.82, 2.24) is 10.3 Å². The molecule has 3 saturated carbocycles. The third kappa shape index (κ3) is 2.75. The Morgan fingerprint density at radius 3 is 2.85 bits per heavy atom. The predicted molar refractivity (Wildman–Crippen MR) is 104 cm³/mol. The zero-order valence-corrected chi connectivity index (χ0v) is 15.8. The smallest absolute Gasteiger partial charge is 0.273 e. The summed E-state index contributed by atoms with van der Waals surface area (Å²) in [4.78, 5) is 17.2. The minimum Gasteiger partial charge on any atom is -0.444 e. The van der Waals surface area contributed by atoms with Crippen molar-refractivity contribution in [3.05, 3.63) is 36.2 Å². The number of nitrogen functional groups attached to an aromatic ring is 1. The molecule has 27 heavy (non-hydrogen) atoms. The van der Waals surface area contributed by atoms with Crippen molar-refractivity contribution in [2.75, 3.05) is 5.73 Å². The van der Waals surface area contributed by atoms with Crippen LogP contribution in [0.1, 0.15) is 55.9 Å². The lowest BCUT2D eigenvalue weighted by Gasteiger charge is -2.46. The lowest BCUT2D eigenvalue weighted by Crippen LogP contribution is -2.49. The normalized spacial score (nSPS) is 32.4. The maximum atomic E-state index is 12.8. The lowest BCUT2D eigenvalue weighted by molar-refractivity contribution is 0.0519. The van der Waals surface area contributed by atoms with E-state index in [0.717, 1.165) is 23.3 Å². The highest BCUT2D eigenvalue weighted by atomic mass is 16.3. The van der Waals surface area contributed by atoms with Crippen LogP contribution in [0.5, 0.6) is 0 Å². The molecule has 0 spiro atoms. The molecule has 3 N–H and O–H groups in total. The van der Waals surface area contributed by atoms with Crippen LogP contribution >= 0.6 is 0 Å². The number of nitrogens with zero attached hydrogens (tertiary/aromatic N) is 1. The number of fused-ring (bicyclic) bond motifs is 2. The third-order valence-electron chi connectivity index (χ3n) is 7.51. The van der Waals surface area contributed by atoms with E-state index in [9.17, 15) is 4.79 Å². The van der Waals surface area contributed by atoms with Gasteiger partial charge in [0.2, 0.25) is 5.89 Å². The molecule has 142 valence electrons. The monoisotopic (exact) mass is 365 g/mol. The third-order valence-corrected chi connectivity index (χ3v) is 7.51. The number of carbonyl (C=O) groups is 1. The van der Waals surface area contributed by atoms with Gasteiger partial charge in [-0.05, 0) is 92.9 Å². The van der Waals surface area contributed by atoms with Gasteiger partial charge in [-0.1, -0.05) is 0 Å². The maximum Gasteiger partial charge on any atom is 0.273 e. The highest BCUT2D eigenvalue weighted by Gasteiger charge is 2.56. The zero-order chi connectivity index (χ0) is 18.6. The van der Waals surface area contributed by atoms with Crippen LogP contribution in [0.25, 0.3) is 11.5 Å². The van der Waals surface area contributed by atoms with Crippen LogP contribution in [0.2, 0.25) is 0 Å². The molecule has 0 saturated heterocycles. The van der Waals surface area contributed by atoms with E-state index < -0.39 is 0 Å². The Kier molecular flexibility index (Phi) is 3.81. The number of rotatable bonds is 4. The van der Waals surface area contributed by atoms with E-state index in [0.29, 0.717) is 17.3 Å². The average molecular weight is 365 g/mol. The molecule has 1 aromatic carbocycles. The van der Waals surface area contributed by atoms with Gasteiger partial charge in [-0.2, -0.15) is 0 Å². The zero-order valence-electron chi connectivity index (χ0n) is 15.8. The Hall–Kier alpha value is -2.30. The summed E-state index contributed by atoms with van der Waals surface area (Å²) in [6, 6.07) is 7.48. The second kappa shape index (κ2) is 6.11. The fourth-order valence-electron chi connectivity index (χ4n) is 6.22. The molecule has 2 aromatic rings. The number of carbonyl (C=O) groups excluding carboxylic acids is 1. The van der Waals surface area contributed by atoms with E-state index >= 15 is 0 Å². The number of nitrogens with two attached hydrogens (primary N) is 1. The topological polar surface area (TPSA) is 81.2 Å². The highest BCUT2D eigenvalue weighted by molar-refractivity contribution is 5.92. The number of hydrogen-bond acceptors (Lipinski definition) is 4. The molecule has 1 heterocycles. The minimum absolute atomic E-state index is 0.133. The van der Waals surface area contributed by atoms with Gasteiger partial charge in [0.05, 0.1) is 0 Å². The van der Waals surface area contributed by atoms with Crippen LogP contribution in [-0.4, -0.2) is 16.9 Å². The minimum atomic E-state index is -0.133. The van der Waals surface area contributed by atoms with Crippen molar-refractivity contribution < 1.29 is 9.21 Å². The molecular formula is C22H27N3O2. The Balaban J connectivity index is 1.31. The standard InChI is InChI=1S/C22H27N3O2/c1-13(22-7-6-14-8-15(11-22)10-17(22)9-14)24-20(26)19-12-27-21(25-19)16-2-4-18(23)5-3-16/h2-5,12-15,17H,6-11,23H2,1H3,(H,24,26). The summed E-state index contributed by atoms with van der Waals surface area (Å²) in [5.74, 6) is 2.91. The van der Waals surface area contributed by atoms with Gasteiger partial charge in [-0.25, -0.2) is 4.98 Å². The van der Waals surface area contributed by atoms with Gasteiger partial charge >= 0.3 is 0 Å². The summed E-state index contributed by atoms with van der Waals surface area (Å²) in [6.45, 7) is 2.19. The largest absolute Gasteiger partial charge is 0.444 e. The molecule has 5 atom stereocenters. The van der Waals surface area contributed by atoms with E-state index in [-0.39, 0.29) is 17.4 Å². The molecule has 3 aliphatic rings. The van der Waals surface area contributed by atoms with Gasteiger partial charge in [-0.3, -0.25) is 4.79 Å². The van der Waals surface area contributed by atoms with Crippen LogP contribution < -0.4 is 11.1 Å². The number of oxazole rings is 1. The molecule has 0 aliphatic heterocycles. The molecular weight excluding hydrogens is 338 g/mol. The molecule has 5 rings (SSSR count). The van der Waals surface area contributed by atoms with Crippen molar-refractivity contribution in [2.24, 2.45) is 23.2 Å². The number of amides is 1. The quantitative estimate of drug-likeness (QED) is 0.793. The Morgan fingerprint density at radius 2 is 2.04 bits per heavy atom. The van der Waals surface area contributed by atoms with Crippen molar-refractivity contribution >= 4 is 11.6 Å². The van der Waals surface area contributed by atoms with Crippen molar-refractivity contribution in [1.29, 1.82) is 0 Å². The van der Waals surface area contributed by atoms with Crippen LogP contribution in [0, 0.1) is 23.2 Å². The molecule has 3 aliphatic carbocycles. The second-order valence-electron chi connectivity index (χ2n) is 8.97. The number of hydrogen-bond donors (Lipinski definition) is 2. The van der Waals surface area contributed by atoms with Crippen LogP contribution in [0.15, 0.2) is 34.9 Å². The maximum absolute atomic E-state index is 12.8. The number of aromatic nitrogens is 1. The first-order chi connectivity index (χ1) is 13.0. The van der Waals surface area contributed by atoms with Crippen LogP contribution in [0.3, 0.4) is 0 Å². The van der Waals surface area contributed by atoms with Gasteiger partial charge in [0.25, 0.3) is 5.91 Å². The van der Waals surface area contributed by atoms with Crippen molar-refractivity contribution in [2.45, 2.75) is 51.5 Å². The first-order valence-corrected chi connectivity index (χ1v) is 10.2. The van der Waals surface area contributed by atoms with E-state index in [1.165, 1.54) is 44.8 Å². The van der Waals surface area contributed by atoms with E-state index in [1.54, 1.807) is 12.1 Å². The molecule has 1 amide bonds. The van der Waals surface area contributed by atoms with Gasteiger partial charge in [-0.15, -0.1) is 0 Å². The van der Waals surface area contributed by atoms with E-state index in [4.69, 9.17) is 10.2 Å². The molecule has 0 radical (unpaired) electrons.